The Kier molecular flexibility index (Phi) is 10.9. The van der Waals surface area contributed by atoms with Gasteiger partial charge < -0.3 is 74.0 Å². The Balaban J connectivity index is 1.18. The number of aromatic hydroxyl groups is 1. The molecule has 0 radical (unpaired) electrons. The first-order valence-electron chi connectivity index (χ1n) is 15.0. The fraction of sp³-hybridized carbons (Fsp3) is 0.613. The molecule has 10 atom stereocenters. The van der Waals surface area contributed by atoms with E-state index in [2.05, 4.69) is 0 Å². The molecule has 2 aromatic carbocycles. The van der Waals surface area contributed by atoms with Gasteiger partial charge in [-0.3, -0.25) is 0 Å². The first-order valence-corrected chi connectivity index (χ1v) is 15.0. The molecule has 3 heterocycles. The molecule has 3 aliphatic heterocycles. The fourth-order valence-electron chi connectivity index (χ4n) is 5.91. The maximum absolute atomic E-state index is 10.5. The third kappa shape index (κ3) is 6.77. The van der Waals surface area contributed by atoms with E-state index in [9.17, 15) is 40.9 Å². The second-order valence-corrected chi connectivity index (χ2v) is 11.7. The molecule has 2 fully saturated rings. The molecule has 0 spiro atoms. The zero-order chi connectivity index (χ0) is 33.2. The zero-order valence-electron chi connectivity index (χ0n) is 25.5. The van der Waals surface area contributed by atoms with Gasteiger partial charge in [-0.15, -0.1) is 0 Å². The molecule has 256 valence electrons. The number of phenolic OH excluding ortho intramolecular Hbond substituents is 1. The van der Waals surface area contributed by atoms with Crippen molar-refractivity contribution < 1.29 is 74.0 Å². The highest BCUT2D eigenvalue weighted by Gasteiger charge is 2.50. The number of aliphatic hydroxyl groups excluding tert-OH is 6. The molecular formula is C31H42O15. The zero-order valence-corrected chi connectivity index (χ0v) is 25.5. The van der Waals surface area contributed by atoms with Crippen molar-refractivity contribution in [3.05, 3.63) is 47.0 Å². The van der Waals surface area contributed by atoms with E-state index in [1.807, 2.05) is 12.1 Å². The van der Waals surface area contributed by atoms with E-state index in [0.717, 1.165) is 11.1 Å². The maximum Gasteiger partial charge on any atom is 0.186 e. The first kappa shape index (κ1) is 34.5. The lowest BCUT2D eigenvalue weighted by Gasteiger charge is -2.40. The minimum atomic E-state index is -1.89. The molecule has 15 heteroatoms. The Bertz CT molecular complexity index is 1330. The summed E-state index contributed by atoms with van der Waals surface area (Å²) in [6, 6.07) is 8.62. The summed E-state index contributed by atoms with van der Waals surface area (Å²) in [5.74, 6) is 0.850. The smallest absolute Gasteiger partial charge is 0.186 e. The van der Waals surface area contributed by atoms with Gasteiger partial charge in [-0.1, -0.05) is 12.1 Å². The standard InChI is InChI=1S/C31H42O15/c1-40-20-10-16(5-6-19(20)34)26-18(11-32)17-8-15(9-21(41-2)27(17)46-26)4-3-7-42-29-25(37)24(36)23(35)22(45-29)12-43-30-28(38)31(39,13-33)14-44-30/h5-6,8-10,18,22-26,28-30,32-39H,3-4,7,11-14H2,1-2H3/t18-,22-,23-,24+,25-,26+,28+,29-,30-,31-/m1/s1. The van der Waals surface area contributed by atoms with Crippen molar-refractivity contribution in [2.45, 2.75) is 73.6 Å². The van der Waals surface area contributed by atoms with Gasteiger partial charge in [0.25, 0.3) is 0 Å². The summed E-state index contributed by atoms with van der Waals surface area (Å²) in [6.45, 7) is -1.60. The molecule has 0 aromatic heterocycles. The van der Waals surface area contributed by atoms with Gasteiger partial charge in [-0.25, -0.2) is 0 Å². The lowest BCUT2D eigenvalue weighted by molar-refractivity contribution is -0.309. The van der Waals surface area contributed by atoms with E-state index in [-0.39, 0.29) is 37.9 Å². The molecule has 46 heavy (non-hydrogen) atoms. The molecule has 0 bridgehead atoms. The van der Waals surface area contributed by atoms with Crippen molar-refractivity contribution >= 4 is 0 Å². The number of benzene rings is 2. The van der Waals surface area contributed by atoms with Crippen LogP contribution in [0.3, 0.4) is 0 Å². The van der Waals surface area contributed by atoms with Crippen LogP contribution in [0.1, 0.15) is 35.1 Å². The second-order valence-electron chi connectivity index (χ2n) is 11.7. The molecule has 0 aliphatic carbocycles. The van der Waals surface area contributed by atoms with Gasteiger partial charge in [0, 0.05) is 5.56 Å². The Hall–Kier alpha value is -2.80. The van der Waals surface area contributed by atoms with Crippen LogP contribution in [0.4, 0.5) is 0 Å². The van der Waals surface area contributed by atoms with Crippen LogP contribution in [0.2, 0.25) is 0 Å². The molecule has 8 N–H and O–H groups in total. The summed E-state index contributed by atoms with van der Waals surface area (Å²) in [5, 5.41) is 81.2. The third-order valence-corrected chi connectivity index (χ3v) is 8.67. The topological polar surface area (TPSA) is 226 Å². The lowest BCUT2D eigenvalue weighted by atomic mass is 9.90. The number of aliphatic hydroxyl groups is 7. The Labute approximate surface area is 265 Å². The predicted molar refractivity (Wildman–Crippen MR) is 156 cm³/mol. The maximum atomic E-state index is 10.5. The molecule has 2 saturated heterocycles. The van der Waals surface area contributed by atoms with E-state index in [4.69, 9.17) is 33.2 Å². The van der Waals surface area contributed by atoms with Gasteiger partial charge in [0.1, 0.15) is 42.2 Å². The monoisotopic (exact) mass is 654 g/mol. The Morgan fingerprint density at radius 2 is 1.67 bits per heavy atom. The van der Waals surface area contributed by atoms with Crippen molar-refractivity contribution in [3.8, 4) is 23.0 Å². The molecule has 0 unspecified atom stereocenters. The van der Waals surface area contributed by atoms with E-state index < -0.39 is 67.3 Å². The number of hydrogen-bond acceptors (Lipinski definition) is 15. The summed E-state index contributed by atoms with van der Waals surface area (Å²) in [5.41, 5.74) is 0.447. The average molecular weight is 655 g/mol. The summed E-state index contributed by atoms with van der Waals surface area (Å²) in [6.07, 6.45) is -9.64. The minimum absolute atomic E-state index is 0.0129. The Morgan fingerprint density at radius 3 is 2.35 bits per heavy atom. The van der Waals surface area contributed by atoms with Crippen LogP contribution in [0, 0.1) is 0 Å². The number of phenols is 1. The van der Waals surface area contributed by atoms with Crippen LogP contribution in [-0.2, 0) is 25.4 Å². The van der Waals surface area contributed by atoms with Gasteiger partial charge in [-0.2, -0.15) is 0 Å². The van der Waals surface area contributed by atoms with E-state index in [1.54, 1.807) is 12.1 Å². The van der Waals surface area contributed by atoms with Crippen molar-refractivity contribution in [2.75, 3.05) is 47.3 Å². The first-order chi connectivity index (χ1) is 22.0. The van der Waals surface area contributed by atoms with E-state index >= 15 is 0 Å². The number of hydrogen-bond donors (Lipinski definition) is 8. The van der Waals surface area contributed by atoms with E-state index in [0.29, 0.717) is 29.9 Å². The van der Waals surface area contributed by atoms with Crippen LogP contribution in [0.15, 0.2) is 30.3 Å². The molecule has 5 rings (SSSR count). The van der Waals surface area contributed by atoms with Gasteiger partial charge >= 0.3 is 0 Å². The number of methoxy groups -OCH3 is 2. The van der Waals surface area contributed by atoms with Gasteiger partial charge in [0.15, 0.2) is 35.6 Å². The lowest BCUT2D eigenvalue weighted by Crippen LogP contribution is -2.59. The molecule has 3 aliphatic rings. The van der Waals surface area contributed by atoms with Crippen LogP contribution < -0.4 is 14.2 Å². The Morgan fingerprint density at radius 1 is 0.913 bits per heavy atom. The van der Waals surface area contributed by atoms with Crippen molar-refractivity contribution in [3.63, 3.8) is 0 Å². The number of aryl methyl sites for hydroxylation is 1. The quantitative estimate of drug-likeness (QED) is 0.119. The molecule has 2 aromatic rings. The van der Waals surface area contributed by atoms with Crippen molar-refractivity contribution in [1.82, 2.24) is 0 Å². The molecular weight excluding hydrogens is 612 g/mol. The molecule has 15 nitrogen and oxygen atoms in total. The van der Waals surface area contributed by atoms with Crippen LogP contribution >= 0.6 is 0 Å². The SMILES string of the molecule is COc1cc([C@@H]2Oc3c(OC)cc(CCCO[C@@H]4O[C@H](CO[C@@H]5OC[C@](O)(CO)[C@H]5O)[C@@H](O)[C@H](O)[C@H]4O)cc3[C@H]2CO)ccc1O. The highest BCUT2D eigenvalue weighted by molar-refractivity contribution is 5.56. The van der Waals surface area contributed by atoms with Crippen LogP contribution in [-0.4, -0.2) is 137 Å². The average Bonchev–Trinajstić information content (AvgIpc) is 3.58. The molecule has 0 amide bonds. The van der Waals surface area contributed by atoms with Crippen molar-refractivity contribution in [1.29, 1.82) is 0 Å². The van der Waals surface area contributed by atoms with Gasteiger partial charge in [-0.05, 0) is 42.2 Å². The second kappa shape index (κ2) is 14.5. The molecule has 0 saturated carbocycles. The highest BCUT2D eigenvalue weighted by Crippen LogP contribution is 2.51. The van der Waals surface area contributed by atoms with Gasteiger partial charge in [0.05, 0.1) is 53.2 Å². The number of rotatable bonds is 13. The van der Waals surface area contributed by atoms with Gasteiger partial charge in [0.2, 0.25) is 0 Å². The number of fused-ring (bicyclic) bond motifs is 1. The van der Waals surface area contributed by atoms with E-state index in [1.165, 1.54) is 20.3 Å². The summed E-state index contributed by atoms with van der Waals surface area (Å²) in [4.78, 5) is 0. The summed E-state index contributed by atoms with van der Waals surface area (Å²) in [7, 11) is 2.97. The predicted octanol–water partition coefficient (Wildman–Crippen LogP) is -1.17. The minimum Gasteiger partial charge on any atom is -0.504 e. The summed E-state index contributed by atoms with van der Waals surface area (Å²) >= 11 is 0. The van der Waals surface area contributed by atoms with Crippen molar-refractivity contribution in [2.24, 2.45) is 0 Å². The largest absolute Gasteiger partial charge is 0.504 e. The van der Waals surface area contributed by atoms with Crippen LogP contribution in [0.25, 0.3) is 0 Å². The third-order valence-electron chi connectivity index (χ3n) is 8.67. The van der Waals surface area contributed by atoms with Crippen LogP contribution in [0.5, 0.6) is 23.0 Å². The fourth-order valence-corrected chi connectivity index (χ4v) is 5.91. The number of ether oxygens (including phenoxy) is 7. The normalized spacial score (nSPS) is 33.9. The summed E-state index contributed by atoms with van der Waals surface area (Å²) < 4.78 is 39.1. The highest BCUT2D eigenvalue weighted by atomic mass is 16.7.